The highest BCUT2D eigenvalue weighted by Crippen LogP contribution is 2.22. The third kappa shape index (κ3) is 4.75. The van der Waals surface area contributed by atoms with Crippen molar-refractivity contribution in [3.05, 3.63) is 29.3 Å². The fourth-order valence-electron chi connectivity index (χ4n) is 3.09. The van der Waals surface area contributed by atoms with Crippen molar-refractivity contribution in [3.63, 3.8) is 0 Å². The van der Waals surface area contributed by atoms with E-state index in [1.807, 2.05) is 13.8 Å². The molecular formula is C18H25NO6S. The van der Waals surface area contributed by atoms with Crippen LogP contribution in [0.2, 0.25) is 0 Å². The van der Waals surface area contributed by atoms with Gasteiger partial charge in [-0.1, -0.05) is 13.0 Å². The Bertz CT molecular complexity index is 789. The average molecular weight is 383 g/mol. The van der Waals surface area contributed by atoms with Gasteiger partial charge in [-0.15, -0.1) is 0 Å². The monoisotopic (exact) mass is 383 g/mol. The van der Waals surface area contributed by atoms with Gasteiger partial charge in [0, 0.05) is 12.1 Å². The van der Waals surface area contributed by atoms with Crippen molar-refractivity contribution in [1.29, 1.82) is 0 Å². The molecular weight excluding hydrogens is 358 g/mol. The first-order valence-electron chi connectivity index (χ1n) is 8.63. The molecule has 2 atom stereocenters. The summed E-state index contributed by atoms with van der Waals surface area (Å²) in [6, 6.07) is 3.98. The number of rotatable bonds is 6. The van der Waals surface area contributed by atoms with Crippen LogP contribution in [0.15, 0.2) is 18.2 Å². The second kappa shape index (κ2) is 8.07. The molecule has 2 rings (SSSR count). The Kier molecular flexibility index (Phi) is 6.28. The fourth-order valence-corrected chi connectivity index (χ4v) is 4.81. The molecule has 1 heterocycles. The van der Waals surface area contributed by atoms with E-state index in [4.69, 9.17) is 4.74 Å². The Labute approximate surface area is 153 Å². The van der Waals surface area contributed by atoms with Gasteiger partial charge in [-0.05, 0) is 44.4 Å². The lowest BCUT2D eigenvalue weighted by Crippen LogP contribution is -2.48. The number of carbonyl (C=O) groups is 2. The Morgan fingerprint density at radius 3 is 2.62 bits per heavy atom. The summed E-state index contributed by atoms with van der Waals surface area (Å²) in [4.78, 5) is 26.2. The molecule has 0 spiro atoms. The summed E-state index contributed by atoms with van der Waals surface area (Å²) in [5.41, 5.74) is 0.780. The van der Waals surface area contributed by atoms with E-state index < -0.39 is 34.4 Å². The summed E-state index contributed by atoms with van der Waals surface area (Å²) in [5.74, 6) is -1.42. The Balaban J connectivity index is 2.06. The summed E-state index contributed by atoms with van der Waals surface area (Å²) < 4.78 is 28.5. The molecule has 1 aliphatic rings. The van der Waals surface area contributed by atoms with E-state index in [1.165, 1.54) is 17.0 Å². The van der Waals surface area contributed by atoms with Crippen LogP contribution < -0.4 is 0 Å². The van der Waals surface area contributed by atoms with Gasteiger partial charge in [0.1, 0.15) is 11.3 Å². The Morgan fingerprint density at radius 2 is 2.08 bits per heavy atom. The molecule has 0 unspecified atom stereocenters. The molecule has 0 saturated carbocycles. The topological polar surface area (TPSA) is 101 Å². The highest BCUT2D eigenvalue weighted by atomic mass is 32.2. The maximum atomic E-state index is 12.6. The van der Waals surface area contributed by atoms with E-state index in [9.17, 15) is 23.1 Å². The second-order valence-corrected chi connectivity index (χ2v) is 8.94. The van der Waals surface area contributed by atoms with E-state index in [-0.39, 0.29) is 28.9 Å². The Hall–Kier alpha value is -2.09. The number of aromatic hydroxyl groups is 1. The quantitative estimate of drug-likeness (QED) is 0.750. The predicted molar refractivity (Wildman–Crippen MR) is 96.8 cm³/mol. The molecule has 0 radical (unpaired) electrons. The second-order valence-electron chi connectivity index (χ2n) is 6.71. The number of carbonyl (C=O) groups excluding carboxylic acids is 2. The van der Waals surface area contributed by atoms with Gasteiger partial charge in [-0.2, -0.15) is 0 Å². The number of aryl methyl sites for hydroxylation is 1. The van der Waals surface area contributed by atoms with E-state index in [2.05, 4.69) is 0 Å². The summed E-state index contributed by atoms with van der Waals surface area (Å²) >= 11 is 0. The molecule has 1 fully saturated rings. The third-order valence-electron chi connectivity index (χ3n) is 4.66. The van der Waals surface area contributed by atoms with Crippen LogP contribution in [0.5, 0.6) is 5.75 Å². The van der Waals surface area contributed by atoms with Gasteiger partial charge < -0.3 is 14.7 Å². The van der Waals surface area contributed by atoms with Gasteiger partial charge in [0.05, 0.1) is 11.5 Å². The van der Waals surface area contributed by atoms with Crippen molar-refractivity contribution in [3.8, 4) is 5.75 Å². The minimum Gasteiger partial charge on any atom is -0.507 e. The number of nitrogens with zero attached hydrogens (tertiary/aromatic N) is 1. The number of hydrogen-bond acceptors (Lipinski definition) is 6. The molecule has 0 aliphatic carbocycles. The maximum Gasteiger partial charge on any atom is 0.342 e. The third-order valence-corrected chi connectivity index (χ3v) is 6.41. The molecule has 1 aromatic carbocycles. The summed E-state index contributed by atoms with van der Waals surface area (Å²) in [5, 5.41) is 9.83. The highest BCUT2D eigenvalue weighted by Gasteiger charge is 2.36. The molecule has 1 aromatic rings. The van der Waals surface area contributed by atoms with Crippen molar-refractivity contribution >= 4 is 21.7 Å². The molecule has 144 valence electrons. The first kappa shape index (κ1) is 20.2. The van der Waals surface area contributed by atoms with Crippen LogP contribution in [-0.4, -0.2) is 60.5 Å². The molecule has 8 heteroatoms. The predicted octanol–water partition coefficient (Wildman–Crippen LogP) is 1.67. The molecule has 0 aromatic heterocycles. The molecule has 1 aliphatic heterocycles. The van der Waals surface area contributed by atoms with Crippen LogP contribution in [0.4, 0.5) is 0 Å². The number of esters is 1. The van der Waals surface area contributed by atoms with E-state index in [1.54, 1.807) is 13.0 Å². The molecule has 7 nitrogen and oxygen atoms in total. The number of sulfone groups is 1. The van der Waals surface area contributed by atoms with Crippen molar-refractivity contribution in [2.24, 2.45) is 0 Å². The normalized spacial score (nSPS) is 19.7. The minimum atomic E-state index is -3.13. The van der Waals surface area contributed by atoms with Crippen LogP contribution in [0.25, 0.3) is 0 Å². The standard InChI is InChI=1S/C18H25NO6S/c1-4-13(3)19(14-7-8-26(23,24)11-14)17(21)10-25-18(22)15-6-5-12(2)9-16(15)20/h5-6,9,13-14,20H,4,7-8,10-11H2,1-3H3/t13-,14-/m0/s1. The molecule has 1 amide bonds. The molecule has 1 saturated heterocycles. The van der Waals surface area contributed by atoms with Gasteiger partial charge in [-0.25, -0.2) is 13.2 Å². The largest absolute Gasteiger partial charge is 0.507 e. The lowest BCUT2D eigenvalue weighted by Gasteiger charge is -2.33. The fraction of sp³-hybridized carbons (Fsp3) is 0.556. The lowest BCUT2D eigenvalue weighted by molar-refractivity contribution is -0.138. The summed E-state index contributed by atoms with van der Waals surface area (Å²) in [7, 11) is -3.13. The number of phenols is 1. The number of benzene rings is 1. The van der Waals surface area contributed by atoms with Crippen LogP contribution in [0, 0.1) is 6.92 Å². The first-order chi connectivity index (χ1) is 12.1. The van der Waals surface area contributed by atoms with Gasteiger partial charge in [-0.3, -0.25) is 4.79 Å². The zero-order valence-corrected chi connectivity index (χ0v) is 16.1. The van der Waals surface area contributed by atoms with Crippen molar-refractivity contribution in [2.75, 3.05) is 18.1 Å². The summed E-state index contributed by atoms with van der Waals surface area (Å²) in [6.07, 6.45) is 1.06. The lowest BCUT2D eigenvalue weighted by atomic mass is 10.1. The van der Waals surface area contributed by atoms with Crippen molar-refractivity contribution < 1.29 is 27.9 Å². The van der Waals surface area contributed by atoms with E-state index in [0.29, 0.717) is 12.8 Å². The van der Waals surface area contributed by atoms with Gasteiger partial charge in [0.2, 0.25) is 0 Å². The zero-order chi connectivity index (χ0) is 19.5. The van der Waals surface area contributed by atoms with Crippen molar-refractivity contribution in [2.45, 2.75) is 45.7 Å². The molecule has 1 N–H and O–H groups in total. The van der Waals surface area contributed by atoms with Crippen LogP contribution >= 0.6 is 0 Å². The number of amides is 1. The highest BCUT2D eigenvalue weighted by molar-refractivity contribution is 7.91. The zero-order valence-electron chi connectivity index (χ0n) is 15.3. The smallest absolute Gasteiger partial charge is 0.342 e. The maximum absolute atomic E-state index is 12.6. The number of phenolic OH excluding ortho intramolecular Hbond substituents is 1. The van der Waals surface area contributed by atoms with Crippen LogP contribution in [-0.2, 0) is 19.4 Å². The minimum absolute atomic E-state index is 0.0121. The summed E-state index contributed by atoms with van der Waals surface area (Å²) in [6.45, 7) is 5.03. The average Bonchev–Trinajstić information content (AvgIpc) is 2.92. The van der Waals surface area contributed by atoms with E-state index in [0.717, 1.165) is 5.56 Å². The van der Waals surface area contributed by atoms with Gasteiger partial charge >= 0.3 is 5.97 Å². The van der Waals surface area contributed by atoms with Crippen LogP contribution in [0.3, 0.4) is 0 Å². The number of ether oxygens (including phenoxy) is 1. The van der Waals surface area contributed by atoms with Crippen molar-refractivity contribution in [1.82, 2.24) is 4.90 Å². The van der Waals surface area contributed by atoms with E-state index >= 15 is 0 Å². The number of hydrogen-bond donors (Lipinski definition) is 1. The SMILES string of the molecule is CC[C@H](C)N(C(=O)COC(=O)c1ccc(C)cc1O)[C@H]1CCS(=O)(=O)C1. The Morgan fingerprint density at radius 1 is 1.38 bits per heavy atom. The first-order valence-corrected chi connectivity index (χ1v) is 10.4. The molecule has 26 heavy (non-hydrogen) atoms. The molecule has 0 bridgehead atoms. The van der Waals surface area contributed by atoms with Gasteiger partial charge in [0.25, 0.3) is 5.91 Å². The van der Waals surface area contributed by atoms with Crippen LogP contribution in [0.1, 0.15) is 42.6 Å². The van der Waals surface area contributed by atoms with Gasteiger partial charge in [0.15, 0.2) is 16.4 Å².